The van der Waals surface area contributed by atoms with Gasteiger partial charge in [0.05, 0.1) is 6.20 Å². The smallest absolute Gasteiger partial charge is 0.113 e. The fourth-order valence-electron chi connectivity index (χ4n) is 2.35. The van der Waals surface area contributed by atoms with Crippen LogP contribution in [0.1, 0.15) is 23.5 Å². The molecule has 4 heteroatoms. The molecule has 0 aliphatic heterocycles. The van der Waals surface area contributed by atoms with Crippen LogP contribution in [0.3, 0.4) is 0 Å². The van der Waals surface area contributed by atoms with Gasteiger partial charge in [-0.2, -0.15) is 0 Å². The van der Waals surface area contributed by atoms with E-state index in [-0.39, 0.29) is 6.04 Å². The first kappa shape index (κ1) is 13.6. The monoisotopic (exact) mass is 302 g/mol. The van der Waals surface area contributed by atoms with Crippen molar-refractivity contribution in [2.24, 2.45) is 0 Å². The zero-order valence-electron chi connectivity index (χ0n) is 11.1. The first-order valence-corrected chi connectivity index (χ1v) is 7.75. The minimum absolute atomic E-state index is 0.267. The Morgan fingerprint density at radius 1 is 1.20 bits per heavy atom. The van der Waals surface area contributed by atoms with Gasteiger partial charge in [0.1, 0.15) is 9.34 Å². The highest BCUT2D eigenvalue weighted by molar-refractivity contribution is 7.15. The van der Waals surface area contributed by atoms with Crippen molar-refractivity contribution in [3.63, 3.8) is 0 Å². The van der Waals surface area contributed by atoms with Gasteiger partial charge in [0.15, 0.2) is 0 Å². The first-order valence-electron chi connectivity index (χ1n) is 6.55. The zero-order chi connectivity index (χ0) is 13.9. The maximum Gasteiger partial charge on any atom is 0.113 e. The molecule has 0 aliphatic rings. The van der Waals surface area contributed by atoms with Gasteiger partial charge in [0, 0.05) is 12.6 Å². The second-order valence-electron chi connectivity index (χ2n) is 4.73. The normalized spacial score (nSPS) is 12.7. The van der Waals surface area contributed by atoms with Crippen LogP contribution >= 0.6 is 22.9 Å². The second-order valence-corrected chi connectivity index (χ2v) is 6.48. The third-order valence-electron chi connectivity index (χ3n) is 3.37. The maximum absolute atomic E-state index is 5.90. The van der Waals surface area contributed by atoms with Gasteiger partial charge in [-0.3, -0.25) is 0 Å². The predicted molar refractivity (Wildman–Crippen MR) is 86.3 cm³/mol. The molecule has 1 heterocycles. The highest BCUT2D eigenvalue weighted by Gasteiger charge is 2.09. The molecule has 0 fully saturated rings. The van der Waals surface area contributed by atoms with Crippen LogP contribution in [-0.4, -0.2) is 4.98 Å². The van der Waals surface area contributed by atoms with Gasteiger partial charge in [0.25, 0.3) is 0 Å². The molecular formula is C16H15ClN2S. The zero-order valence-corrected chi connectivity index (χ0v) is 12.7. The van der Waals surface area contributed by atoms with Crippen LogP contribution < -0.4 is 5.32 Å². The molecule has 0 saturated heterocycles. The fourth-order valence-corrected chi connectivity index (χ4v) is 3.26. The number of nitrogens with one attached hydrogen (secondary N) is 1. The van der Waals surface area contributed by atoms with Crippen LogP contribution in [-0.2, 0) is 6.54 Å². The van der Waals surface area contributed by atoms with Gasteiger partial charge in [-0.05, 0) is 23.3 Å². The van der Waals surface area contributed by atoms with E-state index in [2.05, 4.69) is 59.7 Å². The molecule has 102 valence electrons. The van der Waals surface area contributed by atoms with Gasteiger partial charge in [-0.15, -0.1) is 11.3 Å². The lowest BCUT2D eigenvalue weighted by atomic mass is 10.00. The van der Waals surface area contributed by atoms with Crippen LogP contribution in [0.25, 0.3) is 10.8 Å². The summed E-state index contributed by atoms with van der Waals surface area (Å²) in [5.74, 6) is 0. The highest BCUT2D eigenvalue weighted by Crippen LogP contribution is 2.25. The Hall–Kier alpha value is -1.42. The molecule has 1 N–H and O–H groups in total. The van der Waals surface area contributed by atoms with Crippen molar-refractivity contribution in [2.45, 2.75) is 19.5 Å². The molecule has 20 heavy (non-hydrogen) atoms. The van der Waals surface area contributed by atoms with Crippen LogP contribution in [0.4, 0.5) is 0 Å². The molecule has 1 atom stereocenters. The van der Waals surface area contributed by atoms with E-state index in [0.717, 1.165) is 15.9 Å². The van der Waals surface area contributed by atoms with E-state index in [1.54, 1.807) is 6.20 Å². The summed E-state index contributed by atoms with van der Waals surface area (Å²) in [7, 11) is 0. The summed E-state index contributed by atoms with van der Waals surface area (Å²) in [6.45, 7) is 2.92. The van der Waals surface area contributed by atoms with Crippen molar-refractivity contribution in [1.29, 1.82) is 0 Å². The molecule has 3 rings (SSSR count). The SMILES string of the molecule is CC(NCc1ncc(Cl)s1)c1cccc2ccccc12. The Labute approximate surface area is 127 Å². The second kappa shape index (κ2) is 5.92. The largest absolute Gasteiger partial charge is 0.304 e. The number of fused-ring (bicyclic) bond motifs is 1. The summed E-state index contributed by atoms with van der Waals surface area (Å²) < 4.78 is 0.736. The molecular weight excluding hydrogens is 288 g/mol. The lowest BCUT2D eigenvalue weighted by Crippen LogP contribution is -2.18. The summed E-state index contributed by atoms with van der Waals surface area (Å²) in [4.78, 5) is 4.27. The number of hydrogen-bond donors (Lipinski definition) is 1. The average Bonchev–Trinajstić information content (AvgIpc) is 2.90. The predicted octanol–water partition coefficient (Wildman–Crippen LogP) is 4.80. The van der Waals surface area contributed by atoms with Crippen molar-refractivity contribution in [2.75, 3.05) is 0 Å². The minimum Gasteiger partial charge on any atom is -0.304 e. The van der Waals surface area contributed by atoms with E-state index in [1.165, 1.54) is 27.7 Å². The Balaban J connectivity index is 1.80. The molecule has 3 aromatic rings. The van der Waals surface area contributed by atoms with Gasteiger partial charge >= 0.3 is 0 Å². The van der Waals surface area contributed by atoms with E-state index in [0.29, 0.717) is 0 Å². The Kier molecular flexibility index (Phi) is 4.01. The van der Waals surface area contributed by atoms with Crippen LogP contribution in [0.2, 0.25) is 4.34 Å². The third-order valence-corrected chi connectivity index (χ3v) is 4.49. The van der Waals surface area contributed by atoms with E-state index in [1.807, 2.05) is 0 Å². The fraction of sp³-hybridized carbons (Fsp3) is 0.188. The van der Waals surface area contributed by atoms with Gasteiger partial charge in [0.2, 0.25) is 0 Å². The Morgan fingerprint density at radius 2 is 2.00 bits per heavy atom. The number of rotatable bonds is 4. The van der Waals surface area contributed by atoms with Crippen LogP contribution in [0, 0.1) is 0 Å². The average molecular weight is 303 g/mol. The van der Waals surface area contributed by atoms with Crippen molar-refractivity contribution < 1.29 is 0 Å². The molecule has 0 amide bonds. The number of thiazole rings is 1. The lowest BCUT2D eigenvalue weighted by molar-refractivity contribution is 0.576. The van der Waals surface area contributed by atoms with Crippen molar-refractivity contribution in [1.82, 2.24) is 10.3 Å². The number of benzene rings is 2. The maximum atomic E-state index is 5.90. The Morgan fingerprint density at radius 3 is 2.80 bits per heavy atom. The quantitative estimate of drug-likeness (QED) is 0.749. The third kappa shape index (κ3) is 2.85. The van der Waals surface area contributed by atoms with Crippen molar-refractivity contribution in [3.8, 4) is 0 Å². The minimum atomic E-state index is 0.267. The van der Waals surface area contributed by atoms with Crippen LogP contribution in [0.15, 0.2) is 48.7 Å². The molecule has 0 saturated carbocycles. The molecule has 0 bridgehead atoms. The summed E-state index contributed by atoms with van der Waals surface area (Å²) in [5, 5.41) is 7.10. The summed E-state index contributed by atoms with van der Waals surface area (Å²) in [6, 6.07) is 15.2. The highest BCUT2D eigenvalue weighted by atomic mass is 35.5. The molecule has 0 aliphatic carbocycles. The molecule has 1 unspecified atom stereocenters. The lowest BCUT2D eigenvalue weighted by Gasteiger charge is -2.15. The van der Waals surface area contributed by atoms with Crippen LogP contribution in [0.5, 0.6) is 0 Å². The van der Waals surface area contributed by atoms with E-state index in [9.17, 15) is 0 Å². The van der Waals surface area contributed by atoms with Crippen molar-refractivity contribution in [3.05, 3.63) is 63.6 Å². The van der Waals surface area contributed by atoms with Gasteiger partial charge in [-0.1, -0.05) is 54.1 Å². The number of hydrogen-bond acceptors (Lipinski definition) is 3. The molecule has 0 spiro atoms. The van der Waals surface area contributed by atoms with E-state index >= 15 is 0 Å². The first-order chi connectivity index (χ1) is 9.74. The molecule has 0 radical (unpaired) electrons. The standard InChI is InChI=1S/C16H15ClN2S/c1-11(18-10-16-19-9-15(17)20-16)13-8-4-6-12-5-2-3-7-14(12)13/h2-9,11,18H,10H2,1H3. The molecule has 2 nitrogen and oxygen atoms in total. The molecule has 1 aromatic heterocycles. The van der Waals surface area contributed by atoms with Crippen molar-refractivity contribution >= 4 is 33.7 Å². The summed E-state index contributed by atoms with van der Waals surface area (Å²) in [5.41, 5.74) is 1.31. The Bertz CT molecular complexity index is 718. The van der Waals surface area contributed by atoms with Gasteiger partial charge < -0.3 is 5.32 Å². The summed E-state index contributed by atoms with van der Waals surface area (Å²) >= 11 is 7.42. The topological polar surface area (TPSA) is 24.9 Å². The molecule has 2 aromatic carbocycles. The number of halogens is 1. The number of aromatic nitrogens is 1. The van der Waals surface area contributed by atoms with E-state index < -0.39 is 0 Å². The van der Waals surface area contributed by atoms with E-state index in [4.69, 9.17) is 11.6 Å². The number of nitrogens with zero attached hydrogens (tertiary/aromatic N) is 1. The van der Waals surface area contributed by atoms with Gasteiger partial charge in [-0.25, -0.2) is 4.98 Å². The summed E-state index contributed by atoms with van der Waals surface area (Å²) in [6.07, 6.45) is 1.70.